The average molecular weight is 553 g/mol. The monoisotopic (exact) mass is 553 g/mol. The van der Waals surface area contributed by atoms with Crippen LogP contribution in [0.4, 0.5) is 0 Å². The summed E-state index contributed by atoms with van der Waals surface area (Å²) in [6, 6.07) is 5.41. The van der Waals surface area contributed by atoms with Gasteiger partial charge in [-0.1, -0.05) is 40.7 Å². The summed E-state index contributed by atoms with van der Waals surface area (Å²) >= 11 is 0. The minimum atomic E-state index is -0.0466. The summed E-state index contributed by atoms with van der Waals surface area (Å²) in [5, 5.41) is 1.97. The molecule has 1 radical (unpaired) electrons. The van der Waals surface area contributed by atoms with E-state index in [9.17, 15) is 4.79 Å². The third kappa shape index (κ3) is 2.29. The molecule has 5 heteroatoms. The fraction of sp³-hybridized carbons (Fsp3) is 0.522. The Morgan fingerprint density at radius 3 is 2.79 bits per heavy atom. The van der Waals surface area contributed by atoms with Crippen molar-refractivity contribution in [2.45, 2.75) is 65.2 Å². The SMILES string of the molecule is CC(C)Cc1nc[c-]c2c1ccn1c3c(c(=O)nc21)C1CCC3(C)C1(C)C.[Ir]. The Hall–Kier alpha value is -1.58. The Morgan fingerprint density at radius 1 is 1.32 bits per heavy atom. The van der Waals surface area contributed by atoms with Crippen LogP contribution in [0, 0.1) is 17.4 Å². The maximum Gasteiger partial charge on any atom is 0.264 e. The summed E-state index contributed by atoms with van der Waals surface area (Å²) in [6.07, 6.45) is 6.95. The molecule has 0 amide bonds. The van der Waals surface area contributed by atoms with E-state index in [2.05, 4.69) is 67.3 Å². The molecule has 0 aromatic carbocycles. The molecule has 0 spiro atoms. The van der Waals surface area contributed by atoms with Crippen LogP contribution in [0.5, 0.6) is 0 Å². The van der Waals surface area contributed by atoms with Gasteiger partial charge in [0.2, 0.25) is 0 Å². The molecule has 3 aromatic rings. The van der Waals surface area contributed by atoms with Crippen molar-refractivity contribution in [1.29, 1.82) is 0 Å². The molecule has 3 heterocycles. The van der Waals surface area contributed by atoms with E-state index in [-0.39, 0.29) is 36.5 Å². The van der Waals surface area contributed by atoms with Gasteiger partial charge in [-0.25, -0.2) is 0 Å². The molecule has 2 aliphatic rings. The van der Waals surface area contributed by atoms with Crippen LogP contribution in [0.25, 0.3) is 16.4 Å². The van der Waals surface area contributed by atoms with Crippen LogP contribution in [0.2, 0.25) is 0 Å². The van der Waals surface area contributed by atoms with Crippen molar-refractivity contribution in [3.63, 3.8) is 0 Å². The molecule has 149 valence electrons. The van der Waals surface area contributed by atoms with Gasteiger partial charge in [0, 0.05) is 42.4 Å². The van der Waals surface area contributed by atoms with Gasteiger partial charge in [-0.15, -0.1) is 10.8 Å². The van der Waals surface area contributed by atoms with Crippen LogP contribution >= 0.6 is 0 Å². The maximum absolute atomic E-state index is 13.1. The van der Waals surface area contributed by atoms with Crippen molar-refractivity contribution in [1.82, 2.24) is 14.4 Å². The van der Waals surface area contributed by atoms with Crippen LogP contribution in [0.1, 0.15) is 70.3 Å². The van der Waals surface area contributed by atoms with Crippen molar-refractivity contribution in [2.75, 3.05) is 0 Å². The van der Waals surface area contributed by atoms with Crippen LogP contribution in [-0.2, 0) is 31.9 Å². The van der Waals surface area contributed by atoms with Crippen molar-refractivity contribution in [3.05, 3.63) is 51.8 Å². The fourth-order valence-corrected chi connectivity index (χ4v) is 5.70. The van der Waals surface area contributed by atoms with Gasteiger partial charge in [-0.3, -0.25) is 14.8 Å². The molecule has 28 heavy (non-hydrogen) atoms. The Labute approximate surface area is 179 Å². The molecule has 5 rings (SSSR count). The number of pyridine rings is 2. The topological polar surface area (TPSA) is 47.3 Å². The van der Waals surface area contributed by atoms with Gasteiger partial charge in [0.15, 0.2) is 0 Å². The summed E-state index contributed by atoms with van der Waals surface area (Å²) in [4.78, 5) is 22.2. The molecule has 1 saturated carbocycles. The second kappa shape index (κ2) is 6.21. The molecule has 0 saturated heterocycles. The fourth-order valence-electron chi connectivity index (χ4n) is 5.70. The molecule has 3 aromatic heterocycles. The first-order chi connectivity index (χ1) is 12.8. The van der Waals surface area contributed by atoms with Gasteiger partial charge >= 0.3 is 0 Å². The number of hydrogen-bond donors (Lipinski definition) is 0. The number of fused-ring (bicyclic) bond motifs is 9. The molecule has 2 bridgehead atoms. The molecule has 4 nitrogen and oxygen atoms in total. The minimum absolute atomic E-state index is 0. The van der Waals surface area contributed by atoms with E-state index in [1.165, 1.54) is 5.69 Å². The summed E-state index contributed by atoms with van der Waals surface area (Å²) in [5.41, 5.74) is 3.95. The second-order valence-corrected chi connectivity index (χ2v) is 9.57. The van der Waals surface area contributed by atoms with Crippen LogP contribution < -0.4 is 5.56 Å². The smallest absolute Gasteiger partial charge is 0.264 e. The Kier molecular flexibility index (Phi) is 4.37. The largest absolute Gasteiger partial charge is 0.358 e. The molecule has 1 fully saturated rings. The first-order valence-electron chi connectivity index (χ1n) is 10.0. The number of hydrogen-bond acceptors (Lipinski definition) is 3. The predicted octanol–water partition coefficient (Wildman–Crippen LogP) is 4.41. The standard InChI is InChI=1S/C23H26N3O.Ir/c1-13(2)12-17-14-8-11-26-19-18(16-6-9-23(19,5)22(16,3)4)21(27)25-20(26)15(14)7-10-24-17;/h8,10-11,13,16H,6,9,12H2,1-5H3;/q-1;. The second-order valence-electron chi connectivity index (χ2n) is 9.57. The molecular formula is C23H26IrN3O-. The normalized spacial score (nSPS) is 24.7. The van der Waals surface area contributed by atoms with Crippen LogP contribution in [-0.4, -0.2) is 14.4 Å². The van der Waals surface area contributed by atoms with E-state index in [0.29, 0.717) is 11.8 Å². The summed E-state index contributed by atoms with van der Waals surface area (Å²) in [6.45, 7) is 11.3. The van der Waals surface area contributed by atoms with Crippen molar-refractivity contribution in [3.8, 4) is 0 Å². The third-order valence-electron chi connectivity index (χ3n) is 7.48. The van der Waals surface area contributed by atoms with Crippen molar-refractivity contribution in [2.24, 2.45) is 11.3 Å². The summed E-state index contributed by atoms with van der Waals surface area (Å²) in [5.74, 6) is 0.827. The van der Waals surface area contributed by atoms with E-state index in [1.54, 1.807) is 6.20 Å². The predicted molar refractivity (Wildman–Crippen MR) is 107 cm³/mol. The average Bonchev–Trinajstić information content (AvgIpc) is 2.94. The Balaban J connectivity index is 0.00000192. The zero-order chi connectivity index (χ0) is 19.1. The summed E-state index contributed by atoms with van der Waals surface area (Å²) < 4.78 is 2.18. The van der Waals surface area contributed by atoms with Crippen molar-refractivity contribution < 1.29 is 20.1 Å². The van der Waals surface area contributed by atoms with Crippen LogP contribution in [0.3, 0.4) is 0 Å². The Bertz CT molecular complexity index is 1160. The van der Waals surface area contributed by atoms with Gasteiger partial charge < -0.3 is 4.40 Å². The first kappa shape index (κ1) is 19.7. The van der Waals surface area contributed by atoms with Gasteiger partial charge in [0.1, 0.15) is 0 Å². The van der Waals surface area contributed by atoms with Gasteiger partial charge in [0.05, 0.1) is 0 Å². The zero-order valence-corrected chi connectivity index (χ0v) is 19.5. The quantitative estimate of drug-likeness (QED) is 0.350. The third-order valence-corrected chi connectivity index (χ3v) is 7.48. The zero-order valence-electron chi connectivity index (χ0n) is 17.1. The van der Waals surface area contributed by atoms with E-state index >= 15 is 0 Å². The van der Waals surface area contributed by atoms with Crippen LogP contribution in [0.15, 0.2) is 23.3 Å². The van der Waals surface area contributed by atoms with E-state index < -0.39 is 0 Å². The molecule has 0 aliphatic heterocycles. The Morgan fingerprint density at radius 2 is 2.07 bits per heavy atom. The van der Waals surface area contributed by atoms with E-state index in [1.807, 2.05) is 0 Å². The van der Waals surface area contributed by atoms with Crippen molar-refractivity contribution >= 4 is 16.4 Å². The molecule has 2 atom stereocenters. The van der Waals surface area contributed by atoms with Gasteiger partial charge in [-0.2, -0.15) is 6.07 Å². The maximum atomic E-state index is 13.1. The first-order valence-corrected chi connectivity index (χ1v) is 10.0. The number of aromatic nitrogens is 3. The minimum Gasteiger partial charge on any atom is -0.358 e. The van der Waals surface area contributed by atoms with Gasteiger partial charge in [0.25, 0.3) is 5.56 Å². The van der Waals surface area contributed by atoms with E-state index in [4.69, 9.17) is 0 Å². The van der Waals surface area contributed by atoms with Gasteiger partial charge in [-0.05, 0) is 54.6 Å². The molecule has 2 unspecified atom stereocenters. The number of nitrogens with zero attached hydrogens (tertiary/aromatic N) is 3. The van der Waals surface area contributed by atoms with E-state index in [0.717, 1.165) is 46.9 Å². The summed E-state index contributed by atoms with van der Waals surface area (Å²) in [7, 11) is 0. The molecule has 0 N–H and O–H groups in total. The molecule has 2 aliphatic carbocycles. The molecular weight excluding hydrogens is 526 g/mol. The number of rotatable bonds is 2.